The molecule has 0 spiro atoms. The fourth-order valence-corrected chi connectivity index (χ4v) is 2.33. The molecule has 1 fully saturated rings. The van der Waals surface area contributed by atoms with Gasteiger partial charge in [0.25, 0.3) is 0 Å². The highest BCUT2D eigenvalue weighted by Gasteiger charge is 2.30. The van der Waals surface area contributed by atoms with Gasteiger partial charge < -0.3 is 10.1 Å². The van der Waals surface area contributed by atoms with Gasteiger partial charge in [-0.15, -0.1) is 0 Å². The molecule has 0 bridgehead atoms. The molecule has 1 aromatic carbocycles. The van der Waals surface area contributed by atoms with Crippen molar-refractivity contribution in [1.82, 2.24) is 5.32 Å². The molecule has 1 heterocycles. The molecular weight excluding hydrogens is 217 g/mol. The first-order valence-corrected chi connectivity index (χ1v) is 6.23. The van der Waals surface area contributed by atoms with Crippen LogP contribution in [0.5, 0.6) is 5.75 Å². The lowest BCUT2D eigenvalue weighted by molar-refractivity contribution is 0.231. The van der Waals surface area contributed by atoms with Crippen LogP contribution in [0.4, 0.5) is 4.39 Å². The van der Waals surface area contributed by atoms with Crippen molar-refractivity contribution >= 4 is 0 Å². The maximum atomic E-state index is 13.9. The van der Waals surface area contributed by atoms with Crippen LogP contribution >= 0.6 is 0 Å². The average molecular weight is 237 g/mol. The number of nitrogens with one attached hydrogen (secondary N) is 1. The van der Waals surface area contributed by atoms with Crippen molar-refractivity contribution in [2.24, 2.45) is 0 Å². The van der Waals surface area contributed by atoms with Gasteiger partial charge >= 0.3 is 0 Å². The van der Waals surface area contributed by atoms with Gasteiger partial charge in [0.1, 0.15) is 0 Å². The Morgan fingerprint density at radius 3 is 2.71 bits per heavy atom. The summed E-state index contributed by atoms with van der Waals surface area (Å²) >= 11 is 0. The number of rotatable bonds is 3. The van der Waals surface area contributed by atoms with E-state index >= 15 is 0 Å². The fourth-order valence-electron chi connectivity index (χ4n) is 2.33. The molecule has 1 unspecified atom stereocenters. The molecule has 17 heavy (non-hydrogen) atoms. The number of ether oxygens (including phenoxy) is 1. The first-order valence-electron chi connectivity index (χ1n) is 6.23. The van der Waals surface area contributed by atoms with Gasteiger partial charge in [0.05, 0.1) is 6.10 Å². The van der Waals surface area contributed by atoms with E-state index < -0.39 is 0 Å². The molecule has 0 radical (unpaired) electrons. The van der Waals surface area contributed by atoms with Gasteiger partial charge in [-0.2, -0.15) is 0 Å². The lowest BCUT2D eigenvalue weighted by Crippen LogP contribution is -2.33. The molecule has 1 N–H and O–H groups in total. The minimum Gasteiger partial charge on any atom is -0.488 e. The van der Waals surface area contributed by atoms with Crippen molar-refractivity contribution in [3.63, 3.8) is 0 Å². The minimum absolute atomic E-state index is 0.00413. The third-order valence-electron chi connectivity index (χ3n) is 3.30. The summed E-state index contributed by atoms with van der Waals surface area (Å²) in [5.41, 5.74) is 0.917. The molecule has 3 heteroatoms. The van der Waals surface area contributed by atoms with Crippen LogP contribution < -0.4 is 10.1 Å². The minimum atomic E-state index is -0.272. The normalized spacial score (nSPS) is 24.3. The Morgan fingerprint density at radius 1 is 1.41 bits per heavy atom. The Labute approximate surface area is 102 Å². The van der Waals surface area contributed by atoms with E-state index in [1.54, 1.807) is 12.1 Å². The van der Waals surface area contributed by atoms with Crippen molar-refractivity contribution in [1.29, 1.82) is 0 Å². The molecule has 1 atom stereocenters. The van der Waals surface area contributed by atoms with E-state index in [1.165, 1.54) is 0 Å². The van der Waals surface area contributed by atoms with Crippen molar-refractivity contribution in [3.05, 3.63) is 29.6 Å². The first-order chi connectivity index (χ1) is 8.01. The van der Waals surface area contributed by atoms with Crippen molar-refractivity contribution in [2.75, 3.05) is 6.54 Å². The van der Waals surface area contributed by atoms with Gasteiger partial charge in [0, 0.05) is 5.54 Å². The monoisotopic (exact) mass is 237 g/mol. The molecule has 2 rings (SSSR count). The third kappa shape index (κ3) is 2.60. The largest absolute Gasteiger partial charge is 0.488 e. The van der Waals surface area contributed by atoms with Crippen LogP contribution in [0, 0.1) is 5.82 Å². The quantitative estimate of drug-likeness (QED) is 0.871. The molecule has 94 valence electrons. The van der Waals surface area contributed by atoms with E-state index in [-0.39, 0.29) is 17.5 Å². The van der Waals surface area contributed by atoms with Gasteiger partial charge in [-0.3, -0.25) is 0 Å². The Kier molecular flexibility index (Phi) is 3.38. The number of hydrogen-bond acceptors (Lipinski definition) is 2. The van der Waals surface area contributed by atoms with E-state index in [4.69, 9.17) is 4.74 Å². The van der Waals surface area contributed by atoms with Crippen LogP contribution in [-0.2, 0) is 5.54 Å². The summed E-state index contributed by atoms with van der Waals surface area (Å²) in [5, 5.41) is 3.43. The number of halogens is 1. The molecule has 1 saturated heterocycles. The van der Waals surface area contributed by atoms with Crippen LogP contribution in [0.25, 0.3) is 0 Å². The molecule has 0 amide bonds. The van der Waals surface area contributed by atoms with E-state index in [1.807, 2.05) is 19.9 Å². The van der Waals surface area contributed by atoms with Crippen molar-refractivity contribution in [2.45, 2.75) is 45.3 Å². The molecule has 0 aliphatic carbocycles. The number of hydrogen-bond donors (Lipinski definition) is 1. The highest BCUT2D eigenvalue weighted by Crippen LogP contribution is 2.32. The summed E-state index contributed by atoms with van der Waals surface area (Å²) in [6.45, 7) is 6.92. The van der Waals surface area contributed by atoms with Gasteiger partial charge in [0.2, 0.25) is 0 Å². The summed E-state index contributed by atoms with van der Waals surface area (Å²) in [6.07, 6.45) is 2.19. The van der Waals surface area contributed by atoms with Crippen molar-refractivity contribution in [3.8, 4) is 5.75 Å². The molecule has 0 aromatic heterocycles. The Morgan fingerprint density at radius 2 is 2.18 bits per heavy atom. The zero-order valence-electron chi connectivity index (χ0n) is 10.7. The third-order valence-corrected chi connectivity index (χ3v) is 3.30. The zero-order valence-corrected chi connectivity index (χ0v) is 10.7. The smallest absolute Gasteiger partial charge is 0.165 e. The predicted octanol–water partition coefficient (Wildman–Crippen LogP) is 3.21. The van der Waals surface area contributed by atoms with Gasteiger partial charge in [-0.1, -0.05) is 6.07 Å². The van der Waals surface area contributed by atoms with Crippen LogP contribution in [0.1, 0.15) is 39.2 Å². The van der Waals surface area contributed by atoms with E-state index in [9.17, 15) is 4.39 Å². The van der Waals surface area contributed by atoms with Crippen LogP contribution in [0.3, 0.4) is 0 Å². The van der Waals surface area contributed by atoms with Crippen LogP contribution in [0.15, 0.2) is 18.2 Å². The average Bonchev–Trinajstić information content (AvgIpc) is 2.69. The van der Waals surface area contributed by atoms with E-state index in [2.05, 4.69) is 12.2 Å². The summed E-state index contributed by atoms with van der Waals surface area (Å²) < 4.78 is 19.3. The highest BCUT2D eigenvalue weighted by atomic mass is 19.1. The Balaban J connectivity index is 2.24. The second-order valence-electron chi connectivity index (χ2n) is 5.17. The second-order valence-corrected chi connectivity index (χ2v) is 5.17. The molecule has 1 aliphatic heterocycles. The number of benzene rings is 1. The summed E-state index contributed by atoms with van der Waals surface area (Å²) in [7, 11) is 0. The molecule has 2 nitrogen and oxygen atoms in total. The van der Waals surface area contributed by atoms with Crippen molar-refractivity contribution < 1.29 is 9.13 Å². The van der Waals surface area contributed by atoms with E-state index in [0.29, 0.717) is 5.75 Å². The lowest BCUT2D eigenvalue weighted by Gasteiger charge is -2.25. The zero-order chi connectivity index (χ0) is 12.5. The summed E-state index contributed by atoms with van der Waals surface area (Å²) in [5.74, 6) is 0.0662. The first kappa shape index (κ1) is 12.4. The summed E-state index contributed by atoms with van der Waals surface area (Å²) in [6, 6.07) is 5.28. The van der Waals surface area contributed by atoms with Gasteiger partial charge in [-0.25, -0.2) is 4.39 Å². The van der Waals surface area contributed by atoms with Gasteiger partial charge in [0.15, 0.2) is 11.6 Å². The lowest BCUT2D eigenvalue weighted by atomic mass is 9.90. The molecule has 0 saturated carbocycles. The highest BCUT2D eigenvalue weighted by molar-refractivity contribution is 5.34. The SMILES string of the molecule is CC(C)Oc1ccc(C2(C)CCCN2)cc1F. The van der Waals surface area contributed by atoms with E-state index in [0.717, 1.165) is 24.9 Å². The second kappa shape index (κ2) is 4.65. The predicted molar refractivity (Wildman–Crippen MR) is 66.8 cm³/mol. The molecular formula is C14H20FNO. The standard InChI is InChI=1S/C14H20FNO/c1-10(2)17-13-6-5-11(9-12(13)15)14(3)7-4-8-16-14/h5-6,9-10,16H,4,7-8H2,1-3H3. The molecule has 1 aromatic rings. The summed E-state index contributed by atoms with van der Waals surface area (Å²) in [4.78, 5) is 0. The fraction of sp³-hybridized carbons (Fsp3) is 0.571. The maximum absolute atomic E-state index is 13.9. The van der Waals surface area contributed by atoms with Crippen LogP contribution in [0.2, 0.25) is 0 Å². The topological polar surface area (TPSA) is 21.3 Å². The Hall–Kier alpha value is -1.09. The Bertz CT molecular complexity index is 397. The molecule has 1 aliphatic rings. The van der Waals surface area contributed by atoms with Gasteiger partial charge in [-0.05, 0) is 57.9 Å². The van der Waals surface area contributed by atoms with Crippen LogP contribution in [-0.4, -0.2) is 12.6 Å². The maximum Gasteiger partial charge on any atom is 0.165 e.